The van der Waals surface area contributed by atoms with Crippen LogP contribution in [0.25, 0.3) is 11.1 Å². The van der Waals surface area contributed by atoms with E-state index in [9.17, 15) is 0 Å². The number of aromatic nitrogens is 1. The van der Waals surface area contributed by atoms with Gasteiger partial charge in [0.25, 0.3) is 0 Å². The summed E-state index contributed by atoms with van der Waals surface area (Å²) in [7, 11) is 0. The van der Waals surface area contributed by atoms with Gasteiger partial charge < -0.3 is 4.57 Å². The number of hydrogen-bond donors (Lipinski definition) is 0. The van der Waals surface area contributed by atoms with E-state index in [0.29, 0.717) is 0 Å². The molecular formula is C13H15N. The highest BCUT2D eigenvalue weighted by molar-refractivity contribution is 5.62. The van der Waals surface area contributed by atoms with Crippen LogP contribution in [0.15, 0.2) is 42.7 Å². The minimum Gasteiger partial charge on any atom is -0.354 e. The maximum atomic E-state index is 2.19. The summed E-state index contributed by atoms with van der Waals surface area (Å²) in [6, 6.07) is 10.8. The zero-order valence-electron chi connectivity index (χ0n) is 8.70. The molecule has 0 saturated carbocycles. The summed E-state index contributed by atoms with van der Waals surface area (Å²) in [5.74, 6) is 0. The predicted molar refractivity (Wildman–Crippen MR) is 60.3 cm³/mol. The molecule has 1 nitrogen and oxygen atoms in total. The summed E-state index contributed by atoms with van der Waals surface area (Å²) in [6.45, 7) is 5.30. The third-order valence-corrected chi connectivity index (χ3v) is 2.50. The van der Waals surface area contributed by atoms with Gasteiger partial charge in [-0.25, -0.2) is 0 Å². The second-order valence-corrected chi connectivity index (χ2v) is 3.60. The molecule has 0 atom stereocenters. The molecular weight excluding hydrogens is 170 g/mol. The standard InChI is InChI=1S/C13H15N/c1-3-14-9-8-13(10-14)12-6-4-11(2)5-7-12/h4-10H,3H2,1-2H3. The Morgan fingerprint density at radius 1 is 1.00 bits per heavy atom. The normalized spacial score (nSPS) is 10.4. The van der Waals surface area contributed by atoms with Crippen molar-refractivity contribution in [3.63, 3.8) is 0 Å². The zero-order chi connectivity index (χ0) is 9.97. The Morgan fingerprint density at radius 2 is 1.71 bits per heavy atom. The molecule has 0 N–H and O–H groups in total. The molecule has 0 unspecified atom stereocenters. The number of aryl methyl sites for hydroxylation is 2. The lowest BCUT2D eigenvalue weighted by Crippen LogP contribution is -1.86. The van der Waals surface area contributed by atoms with Gasteiger partial charge in [-0.2, -0.15) is 0 Å². The van der Waals surface area contributed by atoms with Gasteiger partial charge in [0.2, 0.25) is 0 Å². The van der Waals surface area contributed by atoms with Gasteiger partial charge >= 0.3 is 0 Å². The largest absolute Gasteiger partial charge is 0.354 e. The van der Waals surface area contributed by atoms with Gasteiger partial charge in [0.05, 0.1) is 0 Å². The third-order valence-electron chi connectivity index (χ3n) is 2.50. The molecule has 14 heavy (non-hydrogen) atoms. The van der Waals surface area contributed by atoms with E-state index in [1.54, 1.807) is 0 Å². The Morgan fingerprint density at radius 3 is 2.29 bits per heavy atom. The quantitative estimate of drug-likeness (QED) is 0.675. The predicted octanol–water partition coefficient (Wildman–Crippen LogP) is 3.48. The van der Waals surface area contributed by atoms with Crippen molar-refractivity contribution in [1.82, 2.24) is 4.57 Å². The summed E-state index contributed by atoms with van der Waals surface area (Å²) >= 11 is 0. The summed E-state index contributed by atoms with van der Waals surface area (Å²) in [5, 5.41) is 0. The van der Waals surface area contributed by atoms with E-state index in [2.05, 4.69) is 61.1 Å². The number of benzene rings is 1. The fourth-order valence-electron chi connectivity index (χ4n) is 1.55. The van der Waals surface area contributed by atoms with Gasteiger partial charge in [0.15, 0.2) is 0 Å². The number of nitrogens with zero attached hydrogens (tertiary/aromatic N) is 1. The van der Waals surface area contributed by atoms with Crippen molar-refractivity contribution in [2.75, 3.05) is 0 Å². The molecule has 1 aromatic carbocycles. The smallest absolute Gasteiger partial charge is 0.0191 e. The van der Waals surface area contributed by atoms with Crippen molar-refractivity contribution in [2.24, 2.45) is 0 Å². The molecule has 0 aliphatic heterocycles. The second-order valence-electron chi connectivity index (χ2n) is 3.60. The molecule has 0 aliphatic rings. The van der Waals surface area contributed by atoms with Crippen molar-refractivity contribution >= 4 is 0 Å². The molecule has 1 heteroatoms. The first kappa shape index (κ1) is 9.07. The molecule has 72 valence electrons. The third kappa shape index (κ3) is 1.72. The first-order valence-electron chi connectivity index (χ1n) is 5.02. The molecule has 0 saturated heterocycles. The van der Waals surface area contributed by atoms with Gasteiger partial charge in [-0.3, -0.25) is 0 Å². The summed E-state index contributed by atoms with van der Waals surface area (Å²) < 4.78 is 2.19. The van der Waals surface area contributed by atoms with Gasteiger partial charge in [-0.1, -0.05) is 29.8 Å². The van der Waals surface area contributed by atoms with Crippen LogP contribution in [-0.4, -0.2) is 4.57 Å². The lowest BCUT2D eigenvalue weighted by atomic mass is 10.1. The molecule has 0 amide bonds. The molecule has 0 bridgehead atoms. The van der Waals surface area contributed by atoms with E-state index in [-0.39, 0.29) is 0 Å². The van der Waals surface area contributed by atoms with E-state index < -0.39 is 0 Å². The first-order chi connectivity index (χ1) is 6.79. The average molecular weight is 185 g/mol. The van der Waals surface area contributed by atoms with E-state index >= 15 is 0 Å². The fourth-order valence-corrected chi connectivity index (χ4v) is 1.55. The van der Waals surface area contributed by atoms with E-state index in [1.165, 1.54) is 16.7 Å². The molecule has 1 heterocycles. The lowest BCUT2D eigenvalue weighted by Gasteiger charge is -1.98. The highest BCUT2D eigenvalue weighted by atomic mass is 14.9. The minimum absolute atomic E-state index is 1.03. The van der Waals surface area contributed by atoms with Crippen molar-refractivity contribution in [3.8, 4) is 11.1 Å². The zero-order valence-corrected chi connectivity index (χ0v) is 8.70. The Bertz CT molecular complexity index is 409. The molecule has 0 radical (unpaired) electrons. The first-order valence-corrected chi connectivity index (χ1v) is 5.02. The van der Waals surface area contributed by atoms with E-state index in [4.69, 9.17) is 0 Å². The Kier molecular flexibility index (Phi) is 2.40. The van der Waals surface area contributed by atoms with Crippen molar-refractivity contribution in [3.05, 3.63) is 48.3 Å². The van der Waals surface area contributed by atoms with Crippen LogP contribution >= 0.6 is 0 Å². The van der Waals surface area contributed by atoms with Crippen LogP contribution in [-0.2, 0) is 6.54 Å². The Labute approximate surface area is 85.0 Å². The number of hydrogen-bond acceptors (Lipinski definition) is 0. The van der Waals surface area contributed by atoms with Crippen molar-refractivity contribution in [2.45, 2.75) is 20.4 Å². The van der Waals surface area contributed by atoms with Crippen molar-refractivity contribution < 1.29 is 0 Å². The maximum Gasteiger partial charge on any atom is 0.0191 e. The summed E-state index contributed by atoms with van der Waals surface area (Å²) in [5.41, 5.74) is 3.90. The van der Waals surface area contributed by atoms with Crippen LogP contribution in [0.3, 0.4) is 0 Å². The van der Waals surface area contributed by atoms with Crippen LogP contribution in [0.4, 0.5) is 0 Å². The second kappa shape index (κ2) is 3.70. The average Bonchev–Trinajstić information content (AvgIpc) is 2.67. The monoisotopic (exact) mass is 185 g/mol. The highest BCUT2D eigenvalue weighted by Crippen LogP contribution is 2.19. The fraction of sp³-hybridized carbons (Fsp3) is 0.231. The number of rotatable bonds is 2. The summed E-state index contributed by atoms with van der Waals surface area (Å²) in [6.07, 6.45) is 4.31. The lowest BCUT2D eigenvalue weighted by molar-refractivity contribution is 0.770. The van der Waals surface area contributed by atoms with Crippen LogP contribution in [0.1, 0.15) is 12.5 Å². The van der Waals surface area contributed by atoms with Gasteiger partial charge in [-0.05, 0) is 31.0 Å². The minimum atomic E-state index is 1.03. The van der Waals surface area contributed by atoms with Crippen LogP contribution in [0, 0.1) is 6.92 Å². The molecule has 0 aliphatic carbocycles. The molecule has 2 rings (SSSR count). The molecule has 0 spiro atoms. The molecule has 2 aromatic rings. The molecule has 0 fully saturated rings. The van der Waals surface area contributed by atoms with Crippen LogP contribution in [0.2, 0.25) is 0 Å². The highest BCUT2D eigenvalue weighted by Gasteiger charge is 1.98. The van der Waals surface area contributed by atoms with Gasteiger partial charge in [0, 0.05) is 18.9 Å². The summed E-state index contributed by atoms with van der Waals surface area (Å²) in [4.78, 5) is 0. The van der Waals surface area contributed by atoms with E-state index in [0.717, 1.165) is 6.54 Å². The maximum absolute atomic E-state index is 2.19. The Balaban J connectivity index is 2.34. The SMILES string of the molecule is CCn1ccc(-c2ccc(C)cc2)c1. The topological polar surface area (TPSA) is 4.93 Å². The molecule has 1 aromatic heterocycles. The van der Waals surface area contributed by atoms with Gasteiger partial charge in [0.1, 0.15) is 0 Å². The van der Waals surface area contributed by atoms with Crippen LogP contribution < -0.4 is 0 Å². The van der Waals surface area contributed by atoms with Gasteiger partial charge in [-0.15, -0.1) is 0 Å². The van der Waals surface area contributed by atoms with E-state index in [1.807, 2.05) is 0 Å². The van der Waals surface area contributed by atoms with Crippen LogP contribution in [0.5, 0.6) is 0 Å². The van der Waals surface area contributed by atoms with Crippen molar-refractivity contribution in [1.29, 1.82) is 0 Å². The Hall–Kier alpha value is -1.50.